The molecule has 0 radical (unpaired) electrons. The molecular formula is C19H22N2O2. The Morgan fingerprint density at radius 2 is 1.70 bits per heavy atom. The number of hydrogen-bond donors (Lipinski definition) is 1. The molecule has 0 heterocycles. The van der Waals surface area contributed by atoms with E-state index in [0.29, 0.717) is 0 Å². The molecule has 0 unspecified atom stereocenters. The standard InChI is InChI=1S/C19H22N2O2/c1-13-6-5-7-17(10-13)20-19(23)12-21(16(4)22)18-11-14(2)8-9-15(18)3/h5-11H,12H2,1-4H3,(H,20,23). The number of amides is 2. The summed E-state index contributed by atoms with van der Waals surface area (Å²) >= 11 is 0. The summed E-state index contributed by atoms with van der Waals surface area (Å²) in [7, 11) is 0. The molecule has 0 atom stereocenters. The molecule has 2 rings (SSSR count). The Kier molecular flexibility index (Phi) is 5.16. The number of rotatable bonds is 4. The van der Waals surface area contributed by atoms with E-state index in [1.165, 1.54) is 11.8 Å². The highest BCUT2D eigenvalue weighted by molar-refractivity contribution is 6.02. The fourth-order valence-electron chi connectivity index (χ4n) is 2.44. The molecule has 2 aromatic carbocycles. The highest BCUT2D eigenvalue weighted by atomic mass is 16.2. The predicted octanol–water partition coefficient (Wildman–Crippen LogP) is 3.60. The van der Waals surface area contributed by atoms with E-state index in [0.717, 1.165) is 28.1 Å². The second-order valence-corrected chi connectivity index (χ2v) is 5.81. The summed E-state index contributed by atoms with van der Waals surface area (Å²) in [6.45, 7) is 7.33. The highest BCUT2D eigenvalue weighted by Crippen LogP contribution is 2.22. The third-order valence-corrected chi connectivity index (χ3v) is 3.64. The maximum atomic E-state index is 12.3. The van der Waals surface area contributed by atoms with Gasteiger partial charge in [-0.25, -0.2) is 0 Å². The first kappa shape index (κ1) is 16.7. The van der Waals surface area contributed by atoms with Crippen molar-refractivity contribution in [1.29, 1.82) is 0 Å². The summed E-state index contributed by atoms with van der Waals surface area (Å²) in [5.74, 6) is -0.371. The Labute approximate surface area is 137 Å². The Bertz CT molecular complexity index is 738. The molecule has 0 fully saturated rings. The van der Waals surface area contributed by atoms with Gasteiger partial charge in [-0.15, -0.1) is 0 Å². The van der Waals surface area contributed by atoms with Crippen LogP contribution in [0.4, 0.5) is 11.4 Å². The van der Waals surface area contributed by atoms with Gasteiger partial charge in [0.2, 0.25) is 11.8 Å². The van der Waals surface area contributed by atoms with Crippen LogP contribution in [0.25, 0.3) is 0 Å². The number of benzene rings is 2. The van der Waals surface area contributed by atoms with Gasteiger partial charge in [-0.05, 0) is 55.7 Å². The van der Waals surface area contributed by atoms with Crippen LogP contribution < -0.4 is 10.2 Å². The van der Waals surface area contributed by atoms with Crippen LogP contribution >= 0.6 is 0 Å². The molecule has 120 valence electrons. The van der Waals surface area contributed by atoms with Crippen molar-refractivity contribution >= 4 is 23.2 Å². The van der Waals surface area contributed by atoms with E-state index in [1.54, 1.807) is 0 Å². The van der Waals surface area contributed by atoms with Crippen LogP contribution in [-0.4, -0.2) is 18.4 Å². The minimum absolute atomic E-state index is 0.00638. The van der Waals surface area contributed by atoms with Crippen molar-refractivity contribution in [2.75, 3.05) is 16.8 Å². The van der Waals surface area contributed by atoms with Crippen LogP contribution in [-0.2, 0) is 9.59 Å². The van der Waals surface area contributed by atoms with E-state index >= 15 is 0 Å². The molecule has 1 N–H and O–H groups in total. The summed E-state index contributed by atoms with van der Waals surface area (Å²) in [6.07, 6.45) is 0. The summed E-state index contributed by atoms with van der Waals surface area (Å²) in [6, 6.07) is 13.5. The molecule has 2 amide bonds. The average Bonchev–Trinajstić information content (AvgIpc) is 2.47. The molecule has 0 spiro atoms. The minimum Gasteiger partial charge on any atom is -0.325 e. The van der Waals surface area contributed by atoms with Crippen molar-refractivity contribution in [2.45, 2.75) is 27.7 Å². The van der Waals surface area contributed by atoms with Gasteiger partial charge in [-0.2, -0.15) is 0 Å². The van der Waals surface area contributed by atoms with Crippen LogP contribution in [0.15, 0.2) is 42.5 Å². The van der Waals surface area contributed by atoms with Gasteiger partial charge < -0.3 is 10.2 Å². The molecule has 0 saturated carbocycles. The molecule has 4 heteroatoms. The van der Waals surface area contributed by atoms with Crippen molar-refractivity contribution < 1.29 is 9.59 Å². The summed E-state index contributed by atoms with van der Waals surface area (Å²) < 4.78 is 0. The van der Waals surface area contributed by atoms with Crippen LogP contribution in [0.3, 0.4) is 0 Å². The number of hydrogen-bond acceptors (Lipinski definition) is 2. The smallest absolute Gasteiger partial charge is 0.244 e. The van der Waals surface area contributed by atoms with E-state index in [4.69, 9.17) is 0 Å². The van der Waals surface area contributed by atoms with E-state index in [-0.39, 0.29) is 18.4 Å². The largest absolute Gasteiger partial charge is 0.325 e. The van der Waals surface area contributed by atoms with E-state index in [2.05, 4.69) is 5.32 Å². The second kappa shape index (κ2) is 7.09. The van der Waals surface area contributed by atoms with Crippen LogP contribution in [0.5, 0.6) is 0 Å². The highest BCUT2D eigenvalue weighted by Gasteiger charge is 2.17. The van der Waals surface area contributed by atoms with Crippen molar-refractivity contribution in [1.82, 2.24) is 0 Å². The first-order valence-corrected chi connectivity index (χ1v) is 7.58. The van der Waals surface area contributed by atoms with Gasteiger partial charge in [-0.3, -0.25) is 9.59 Å². The van der Waals surface area contributed by atoms with Gasteiger partial charge in [0.25, 0.3) is 0 Å². The summed E-state index contributed by atoms with van der Waals surface area (Å²) in [5.41, 5.74) is 4.60. The normalized spacial score (nSPS) is 10.3. The molecule has 4 nitrogen and oxygen atoms in total. The molecule has 0 saturated heterocycles. The number of anilines is 2. The molecule has 0 bridgehead atoms. The van der Waals surface area contributed by atoms with Gasteiger partial charge in [-0.1, -0.05) is 24.3 Å². The third-order valence-electron chi connectivity index (χ3n) is 3.64. The first-order valence-electron chi connectivity index (χ1n) is 7.58. The third kappa shape index (κ3) is 4.42. The monoisotopic (exact) mass is 310 g/mol. The fraction of sp³-hybridized carbons (Fsp3) is 0.263. The topological polar surface area (TPSA) is 49.4 Å². The lowest BCUT2D eigenvalue weighted by Gasteiger charge is -2.23. The van der Waals surface area contributed by atoms with Gasteiger partial charge in [0.1, 0.15) is 6.54 Å². The minimum atomic E-state index is -0.216. The maximum Gasteiger partial charge on any atom is 0.244 e. The number of aryl methyl sites for hydroxylation is 3. The number of nitrogens with zero attached hydrogens (tertiary/aromatic N) is 1. The van der Waals surface area contributed by atoms with Crippen LogP contribution in [0.2, 0.25) is 0 Å². The van der Waals surface area contributed by atoms with Crippen molar-refractivity contribution in [3.8, 4) is 0 Å². The molecule has 0 aliphatic rings. The SMILES string of the molecule is CC(=O)N(CC(=O)Nc1cccc(C)c1)c1cc(C)ccc1C. The molecule has 0 aliphatic heterocycles. The van der Waals surface area contributed by atoms with Gasteiger partial charge >= 0.3 is 0 Å². The summed E-state index contributed by atoms with van der Waals surface area (Å²) in [5, 5.41) is 2.84. The van der Waals surface area contributed by atoms with E-state index < -0.39 is 0 Å². The Hall–Kier alpha value is -2.62. The lowest BCUT2D eigenvalue weighted by Crippen LogP contribution is -2.37. The molecule has 0 aromatic heterocycles. The van der Waals surface area contributed by atoms with Crippen molar-refractivity contribution in [3.05, 3.63) is 59.2 Å². The van der Waals surface area contributed by atoms with Gasteiger partial charge in [0.15, 0.2) is 0 Å². The van der Waals surface area contributed by atoms with E-state index in [9.17, 15) is 9.59 Å². The van der Waals surface area contributed by atoms with Crippen LogP contribution in [0.1, 0.15) is 23.6 Å². The quantitative estimate of drug-likeness (QED) is 0.938. The van der Waals surface area contributed by atoms with E-state index in [1.807, 2.05) is 63.2 Å². The number of nitrogens with one attached hydrogen (secondary N) is 1. The maximum absolute atomic E-state index is 12.3. The first-order chi connectivity index (χ1) is 10.9. The van der Waals surface area contributed by atoms with Crippen molar-refractivity contribution in [3.63, 3.8) is 0 Å². The Balaban J connectivity index is 2.18. The fourth-order valence-corrected chi connectivity index (χ4v) is 2.44. The van der Waals surface area contributed by atoms with Crippen LogP contribution in [0, 0.1) is 20.8 Å². The zero-order chi connectivity index (χ0) is 17.0. The molecule has 23 heavy (non-hydrogen) atoms. The summed E-state index contributed by atoms with van der Waals surface area (Å²) in [4.78, 5) is 25.8. The van der Waals surface area contributed by atoms with Gasteiger partial charge in [0.05, 0.1) is 0 Å². The lowest BCUT2D eigenvalue weighted by atomic mass is 10.1. The molecule has 0 aliphatic carbocycles. The zero-order valence-electron chi connectivity index (χ0n) is 14.0. The number of carbonyl (C=O) groups is 2. The van der Waals surface area contributed by atoms with Crippen molar-refractivity contribution in [2.24, 2.45) is 0 Å². The molecule has 2 aromatic rings. The lowest BCUT2D eigenvalue weighted by molar-refractivity contribution is -0.120. The zero-order valence-corrected chi connectivity index (χ0v) is 14.0. The predicted molar refractivity (Wildman–Crippen MR) is 93.8 cm³/mol. The second-order valence-electron chi connectivity index (χ2n) is 5.81. The Morgan fingerprint density at radius 1 is 1.00 bits per heavy atom. The Morgan fingerprint density at radius 3 is 2.35 bits per heavy atom. The average molecular weight is 310 g/mol. The number of carbonyl (C=O) groups excluding carboxylic acids is 2. The molecular weight excluding hydrogens is 288 g/mol. The van der Waals surface area contributed by atoms with Gasteiger partial charge in [0, 0.05) is 18.3 Å².